The van der Waals surface area contributed by atoms with Crippen molar-refractivity contribution in [3.8, 4) is 0 Å². The number of carboxylic acids is 1. The van der Waals surface area contributed by atoms with Gasteiger partial charge in [0.2, 0.25) is 5.91 Å². The Hall–Kier alpha value is -0.950. The fourth-order valence-electron chi connectivity index (χ4n) is 0.678. The lowest BCUT2D eigenvalue weighted by atomic mass is 10.3. The molecule has 0 radical (unpaired) electrons. The van der Waals surface area contributed by atoms with Crippen LogP contribution in [0.3, 0.4) is 0 Å². The number of carbonyl (C=O) groups is 2. The van der Waals surface area contributed by atoms with Gasteiger partial charge in [0.1, 0.15) is 0 Å². The Balaban J connectivity index is 4.11. The highest BCUT2D eigenvalue weighted by molar-refractivity contribution is 7.53. The summed E-state index contributed by atoms with van der Waals surface area (Å²) in [6.45, 7) is 0.237. The molecule has 0 aromatic rings. The smallest absolute Gasteiger partial charge is 0.358 e. The van der Waals surface area contributed by atoms with Gasteiger partial charge in [-0.25, -0.2) is 0 Å². The topological polar surface area (TPSA) is 144 Å². The largest absolute Gasteiger partial charge is 0.481 e. The molecule has 94 valence electrons. The SMILES string of the molecule is CC(O)(CNC(=O)CCC(=O)O)P(=O)(O)O. The third kappa shape index (κ3) is 5.22. The number of amides is 1. The Labute approximate surface area is 91.4 Å². The van der Waals surface area contributed by atoms with Gasteiger partial charge in [-0.1, -0.05) is 0 Å². The fraction of sp³-hybridized carbons (Fsp3) is 0.714. The van der Waals surface area contributed by atoms with Crippen LogP contribution >= 0.6 is 7.60 Å². The quantitative estimate of drug-likeness (QED) is 0.377. The van der Waals surface area contributed by atoms with Crippen LogP contribution in [0.25, 0.3) is 0 Å². The zero-order valence-electron chi connectivity index (χ0n) is 8.58. The molecule has 1 atom stereocenters. The molecule has 0 aliphatic heterocycles. The van der Waals surface area contributed by atoms with Gasteiger partial charge in [0.15, 0.2) is 5.34 Å². The second-order valence-electron chi connectivity index (χ2n) is 3.43. The first-order valence-corrected chi connectivity index (χ1v) is 5.94. The first-order chi connectivity index (χ1) is 7.06. The number of carboxylic acid groups (broad SMARTS) is 1. The molecule has 0 heterocycles. The number of aliphatic carboxylic acids is 1. The Morgan fingerprint density at radius 3 is 2.19 bits per heavy atom. The first kappa shape index (κ1) is 15.0. The lowest BCUT2D eigenvalue weighted by Crippen LogP contribution is -2.40. The zero-order valence-corrected chi connectivity index (χ0v) is 9.48. The normalized spacial score (nSPS) is 15.2. The predicted molar refractivity (Wildman–Crippen MR) is 52.5 cm³/mol. The molecule has 0 aromatic carbocycles. The van der Waals surface area contributed by atoms with Crippen LogP contribution in [0, 0.1) is 0 Å². The van der Waals surface area contributed by atoms with Crippen molar-refractivity contribution >= 4 is 19.5 Å². The maximum atomic E-state index is 11.0. The van der Waals surface area contributed by atoms with Crippen molar-refractivity contribution in [2.24, 2.45) is 0 Å². The van der Waals surface area contributed by atoms with Crippen molar-refractivity contribution in [1.29, 1.82) is 0 Å². The summed E-state index contributed by atoms with van der Waals surface area (Å²) < 4.78 is 10.7. The Kier molecular flexibility index (Phi) is 5.08. The second kappa shape index (κ2) is 5.40. The minimum absolute atomic E-state index is 0.313. The molecular weight excluding hydrogens is 241 g/mol. The molecule has 9 heteroatoms. The van der Waals surface area contributed by atoms with Crippen LogP contribution in [-0.4, -0.2) is 43.8 Å². The summed E-state index contributed by atoms with van der Waals surface area (Å²) in [6.07, 6.45) is -0.698. The van der Waals surface area contributed by atoms with Crippen molar-refractivity contribution in [2.45, 2.75) is 25.1 Å². The molecule has 0 fully saturated rings. The van der Waals surface area contributed by atoms with Crippen molar-refractivity contribution < 1.29 is 34.2 Å². The summed E-state index contributed by atoms with van der Waals surface area (Å²) in [6, 6.07) is 0. The second-order valence-corrected chi connectivity index (χ2v) is 5.48. The van der Waals surface area contributed by atoms with Gasteiger partial charge >= 0.3 is 13.6 Å². The number of hydrogen-bond acceptors (Lipinski definition) is 4. The van der Waals surface area contributed by atoms with E-state index in [1.807, 2.05) is 5.32 Å². The van der Waals surface area contributed by atoms with E-state index in [0.29, 0.717) is 0 Å². The fourth-order valence-corrected chi connectivity index (χ4v) is 0.963. The molecular formula is C7H14NO7P. The average molecular weight is 255 g/mol. The van der Waals surface area contributed by atoms with Gasteiger partial charge in [-0.15, -0.1) is 0 Å². The van der Waals surface area contributed by atoms with Crippen LogP contribution in [0.15, 0.2) is 0 Å². The molecule has 5 N–H and O–H groups in total. The van der Waals surface area contributed by atoms with Gasteiger partial charge in [-0.2, -0.15) is 0 Å². The maximum absolute atomic E-state index is 11.0. The van der Waals surface area contributed by atoms with E-state index in [9.17, 15) is 19.3 Å². The first-order valence-electron chi connectivity index (χ1n) is 4.33. The van der Waals surface area contributed by atoms with Gasteiger partial charge in [0, 0.05) is 6.42 Å². The van der Waals surface area contributed by atoms with E-state index < -0.39 is 31.4 Å². The standard InChI is InChI=1S/C7H14NO7P/c1-7(12,16(13,14)15)4-8-5(9)2-3-6(10)11/h12H,2-4H2,1H3,(H,8,9)(H,10,11)(H2,13,14,15). The molecule has 0 saturated carbocycles. The number of nitrogens with one attached hydrogen (secondary N) is 1. The van der Waals surface area contributed by atoms with Crippen molar-refractivity contribution in [1.82, 2.24) is 5.32 Å². The van der Waals surface area contributed by atoms with Gasteiger partial charge in [0.05, 0.1) is 13.0 Å². The van der Waals surface area contributed by atoms with E-state index >= 15 is 0 Å². The molecule has 8 nitrogen and oxygen atoms in total. The van der Waals surface area contributed by atoms with E-state index in [0.717, 1.165) is 6.92 Å². The van der Waals surface area contributed by atoms with Crippen LogP contribution in [0.4, 0.5) is 0 Å². The maximum Gasteiger partial charge on any atom is 0.358 e. The third-order valence-corrected chi connectivity index (χ3v) is 3.23. The van der Waals surface area contributed by atoms with Crippen LogP contribution in [-0.2, 0) is 14.2 Å². The summed E-state index contributed by atoms with van der Waals surface area (Å²) in [5.74, 6) is -1.85. The Morgan fingerprint density at radius 1 is 1.31 bits per heavy atom. The van der Waals surface area contributed by atoms with Gasteiger partial charge in [0.25, 0.3) is 0 Å². The van der Waals surface area contributed by atoms with Crippen molar-refractivity contribution in [3.05, 3.63) is 0 Å². The van der Waals surface area contributed by atoms with E-state index in [1.54, 1.807) is 0 Å². The average Bonchev–Trinajstić information content (AvgIpc) is 2.09. The zero-order chi connectivity index (χ0) is 13.0. The Morgan fingerprint density at radius 2 is 1.81 bits per heavy atom. The highest BCUT2D eigenvalue weighted by Gasteiger charge is 2.40. The van der Waals surface area contributed by atoms with Gasteiger partial charge in [-0.05, 0) is 6.92 Å². The van der Waals surface area contributed by atoms with E-state index in [2.05, 4.69) is 0 Å². The van der Waals surface area contributed by atoms with Crippen molar-refractivity contribution in [3.63, 3.8) is 0 Å². The number of hydrogen-bond donors (Lipinski definition) is 5. The van der Waals surface area contributed by atoms with Gasteiger partial charge < -0.3 is 25.3 Å². The molecule has 1 amide bonds. The molecule has 1 unspecified atom stereocenters. The molecule has 0 aromatic heterocycles. The number of rotatable bonds is 6. The van der Waals surface area contributed by atoms with E-state index in [-0.39, 0.29) is 12.8 Å². The molecule has 16 heavy (non-hydrogen) atoms. The summed E-state index contributed by atoms with van der Waals surface area (Å²) in [5, 5.41) is 17.2. The molecule has 0 aliphatic carbocycles. The summed E-state index contributed by atoms with van der Waals surface area (Å²) in [7, 11) is -4.74. The molecule has 0 aliphatic rings. The van der Waals surface area contributed by atoms with Crippen LogP contribution in [0.1, 0.15) is 19.8 Å². The highest BCUT2D eigenvalue weighted by atomic mass is 31.2. The van der Waals surface area contributed by atoms with Crippen LogP contribution in [0.5, 0.6) is 0 Å². The van der Waals surface area contributed by atoms with Crippen molar-refractivity contribution in [2.75, 3.05) is 6.54 Å². The predicted octanol–water partition coefficient (Wildman–Crippen LogP) is -1.15. The molecule has 0 bridgehead atoms. The minimum Gasteiger partial charge on any atom is -0.481 e. The number of carbonyl (C=O) groups excluding carboxylic acids is 1. The lowest BCUT2D eigenvalue weighted by Gasteiger charge is -2.24. The lowest BCUT2D eigenvalue weighted by molar-refractivity contribution is -0.138. The van der Waals surface area contributed by atoms with Gasteiger partial charge in [-0.3, -0.25) is 14.2 Å². The van der Waals surface area contributed by atoms with Crippen LogP contribution in [0.2, 0.25) is 0 Å². The third-order valence-electron chi connectivity index (χ3n) is 1.81. The highest BCUT2D eigenvalue weighted by Crippen LogP contribution is 2.47. The molecule has 0 rings (SSSR count). The Bertz CT molecular complexity index is 321. The minimum atomic E-state index is -4.74. The summed E-state index contributed by atoms with van der Waals surface area (Å²) >= 11 is 0. The summed E-state index contributed by atoms with van der Waals surface area (Å²) in [4.78, 5) is 38.5. The molecule has 0 saturated heterocycles. The van der Waals surface area contributed by atoms with E-state index in [1.165, 1.54) is 0 Å². The number of aliphatic hydroxyl groups is 1. The molecule has 0 spiro atoms. The van der Waals surface area contributed by atoms with E-state index in [4.69, 9.17) is 14.9 Å². The summed E-state index contributed by atoms with van der Waals surface area (Å²) in [5.41, 5.74) is 0. The monoisotopic (exact) mass is 255 g/mol. The van der Waals surface area contributed by atoms with Crippen LogP contribution < -0.4 is 5.32 Å².